The van der Waals surface area contributed by atoms with Gasteiger partial charge in [0.1, 0.15) is 11.6 Å². The summed E-state index contributed by atoms with van der Waals surface area (Å²) in [6, 6.07) is 38.5. The molecule has 0 fully saturated rings. The van der Waals surface area contributed by atoms with Crippen LogP contribution >= 0.6 is 0 Å². The molecular formula is C60H64N3OPt-. The minimum absolute atomic E-state index is 0. The second kappa shape index (κ2) is 17.3. The van der Waals surface area contributed by atoms with Crippen LogP contribution in [0.4, 0.5) is 0 Å². The third kappa shape index (κ3) is 9.43. The van der Waals surface area contributed by atoms with Crippen LogP contribution in [0.5, 0.6) is 5.75 Å². The van der Waals surface area contributed by atoms with E-state index < -0.39 is 91.0 Å². The minimum atomic E-state index is -4.14. The summed E-state index contributed by atoms with van der Waals surface area (Å²) in [7, 11) is 0. The number of nitrogens with zero attached hydrogens (tertiary/aromatic N) is 3. The zero-order valence-electron chi connectivity index (χ0n) is 55.7. The molecule has 0 atom stereocenters. The van der Waals surface area contributed by atoms with E-state index >= 15 is 0 Å². The Balaban J connectivity index is 0.00000990. The van der Waals surface area contributed by atoms with Crippen LogP contribution in [0.1, 0.15) is 141 Å². The van der Waals surface area contributed by atoms with Crippen LogP contribution in [0, 0.1) is 19.9 Å². The van der Waals surface area contributed by atoms with Crippen molar-refractivity contribution in [3.63, 3.8) is 0 Å². The van der Waals surface area contributed by atoms with Gasteiger partial charge in [-0.2, -0.15) is 0 Å². The maximum absolute atomic E-state index is 13.1. The first-order chi connectivity index (χ1) is 37.5. The second-order valence-electron chi connectivity index (χ2n) is 18.9. The SMILES string of the molecule is [2H]C([2H])([2H])C(c1cc(-c2nc3c(-c4[c-]c(-c5cc(-c6cc(C)ccc6C)ccn5)cc(C(C)(C)C)c4)cccc3n2-c2ccc(C(C)(C)C)cc2-c2ccccc2)c(O)c(C(C([2H])([2H])[2H])(C([2H])([2H])[2H])C([2H])([2H])[2H])c1)(C([2H])([2H])[2H])C([2H])([2H])[2H].[Pt]. The summed E-state index contributed by atoms with van der Waals surface area (Å²) in [4.78, 5) is 10.0. The van der Waals surface area contributed by atoms with Crippen LogP contribution < -0.4 is 0 Å². The van der Waals surface area contributed by atoms with Gasteiger partial charge in [0.2, 0.25) is 0 Å². The molecule has 0 radical (unpaired) electrons. The molecule has 8 aromatic rings. The van der Waals surface area contributed by atoms with E-state index in [-0.39, 0.29) is 32.1 Å². The molecule has 336 valence electrons. The molecule has 0 aliphatic heterocycles. The molecule has 1 N–H and O–H groups in total. The molecule has 0 bridgehead atoms. The summed E-state index contributed by atoms with van der Waals surface area (Å²) in [5, 5.41) is 13.1. The van der Waals surface area contributed by atoms with Crippen molar-refractivity contribution in [2.24, 2.45) is 0 Å². The standard InChI is InChI=1S/C60H64N3O.Pt/c1-37-23-24-38(2)47(29-37)40-27-28-61-51(33-40)42-30-41(31-44(32-42)58(6,7)8)46-21-18-22-53-54(46)62-56(49-35-45(59(9,10)11)36-50(55(49)64)60(12,13)14)63(53)52-26-25-43(57(3,4)5)34-48(52)39-19-16-15-17-20-39;/h15-29,31-36,64H,1-14H3;/q-1;/i9D3,10D3,11D3,12D3,13D3,14D3;. The molecule has 6 aromatic carbocycles. The van der Waals surface area contributed by atoms with Gasteiger partial charge in [-0.3, -0.25) is 9.55 Å². The van der Waals surface area contributed by atoms with E-state index in [9.17, 15) is 5.11 Å². The van der Waals surface area contributed by atoms with E-state index in [4.69, 9.17) is 34.6 Å². The van der Waals surface area contributed by atoms with Gasteiger partial charge in [0, 0.05) is 68.8 Å². The van der Waals surface area contributed by atoms with Gasteiger partial charge in [-0.15, -0.1) is 29.3 Å². The summed E-state index contributed by atoms with van der Waals surface area (Å²) in [5.41, 5.74) is -2.68. The molecular weight excluding hydrogens is 974 g/mol. The van der Waals surface area contributed by atoms with Gasteiger partial charge >= 0.3 is 0 Å². The minimum Gasteiger partial charge on any atom is -0.507 e. The fourth-order valence-corrected chi connectivity index (χ4v) is 8.17. The van der Waals surface area contributed by atoms with Crippen LogP contribution in [0.25, 0.3) is 72.7 Å². The summed E-state index contributed by atoms with van der Waals surface area (Å²) in [6.07, 6.45) is 1.72. The van der Waals surface area contributed by atoms with Crippen LogP contribution in [-0.4, -0.2) is 19.6 Å². The topological polar surface area (TPSA) is 50.9 Å². The van der Waals surface area contributed by atoms with Crippen molar-refractivity contribution in [1.82, 2.24) is 14.5 Å². The molecule has 0 spiro atoms. The van der Waals surface area contributed by atoms with Crippen molar-refractivity contribution in [2.75, 3.05) is 0 Å². The number of hydrogen-bond donors (Lipinski definition) is 1. The fourth-order valence-electron chi connectivity index (χ4n) is 8.17. The molecule has 65 heavy (non-hydrogen) atoms. The smallest absolute Gasteiger partial charge is 0.148 e. The average molecular weight is 1060 g/mol. The van der Waals surface area contributed by atoms with Gasteiger partial charge in [0.15, 0.2) is 0 Å². The number of rotatable bonds is 6. The molecule has 4 nitrogen and oxygen atoms in total. The molecule has 0 amide bonds. The van der Waals surface area contributed by atoms with Crippen LogP contribution in [0.2, 0.25) is 0 Å². The molecule has 0 saturated heterocycles. The summed E-state index contributed by atoms with van der Waals surface area (Å²) >= 11 is 0. The zero-order valence-corrected chi connectivity index (χ0v) is 40.0. The third-order valence-electron chi connectivity index (χ3n) is 11.8. The van der Waals surface area contributed by atoms with Gasteiger partial charge in [-0.05, 0) is 99.2 Å². The predicted molar refractivity (Wildman–Crippen MR) is 271 cm³/mol. The number of aryl methyl sites for hydroxylation is 2. The predicted octanol–water partition coefficient (Wildman–Crippen LogP) is 16.1. The number of benzene rings is 6. The van der Waals surface area contributed by atoms with Gasteiger partial charge in [-0.25, -0.2) is 4.98 Å². The van der Waals surface area contributed by atoms with Gasteiger partial charge in [-0.1, -0.05) is 178 Å². The maximum atomic E-state index is 13.1. The number of pyridine rings is 1. The quantitative estimate of drug-likeness (QED) is 0.169. The largest absolute Gasteiger partial charge is 0.507 e. The number of phenols is 1. The van der Waals surface area contributed by atoms with E-state index in [0.29, 0.717) is 45.3 Å². The second-order valence-corrected chi connectivity index (χ2v) is 18.9. The Morgan fingerprint density at radius 1 is 0.569 bits per heavy atom. The van der Waals surface area contributed by atoms with Crippen molar-refractivity contribution in [1.29, 1.82) is 0 Å². The van der Waals surface area contributed by atoms with Crippen LogP contribution in [0.3, 0.4) is 0 Å². The molecule has 5 heteroatoms. The Labute approximate surface area is 427 Å². The number of hydrogen-bond acceptors (Lipinski definition) is 3. The summed E-state index contributed by atoms with van der Waals surface area (Å²) < 4.78 is 160. The number of aromatic nitrogens is 3. The van der Waals surface area contributed by atoms with E-state index in [2.05, 4.69) is 18.2 Å². The van der Waals surface area contributed by atoms with Crippen molar-refractivity contribution in [3.05, 3.63) is 167 Å². The van der Waals surface area contributed by atoms with Crippen molar-refractivity contribution >= 4 is 11.0 Å². The molecule has 0 aliphatic rings. The summed E-state index contributed by atoms with van der Waals surface area (Å²) in [6.45, 7) is -8.33. The normalized spacial score (nSPS) is 17.7. The first-order valence-corrected chi connectivity index (χ1v) is 21.2. The van der Waals surface area contributed by atoms with Crippen molar-refractivity contribution in [2.45, 2.75) is 118 Å². The Morgan fingerprint density at radius 3 is 1.94 bits per heavy atom. The third-order valence-corrected chi connectivity index (χ3v) is 11.8. The van der Waals surface area contributed by atoms with Crippen LogP contribution in [-0.2, 0) is 42.7 Å². The van der Waals surface area contributed by atoms with E-state index in [0.717, 1.165) is 39.4 Å². The first kappa shape index (κ1) is 29.1. The van der Waals surface area contributed by atoms with Crippen molar-refractivity contribution in [3.8, 4) is 67.5 Å². The fraction of sp³-hybridized carbons (Fsp3) is 0.300. The monoisotopic (exact) mass is 1060 g/mol. The Bertz CT molecular complexity index is 3670. The van der Waals surface area contributed by atoms with Gasteiger partial charge in [0.25, 0.3) is 0 Å². The number of fused-ring (bicyclic) bond motifs is 1. The first-order valence-electron chi connectivity index (χ1n) is 30.2. The Hall–Kier alpha value is -5.57. The zero-order chi connectivity index (χ0) is 61.1. The van der Waals surface area contributed by atoms with Crippen LogP contribution in [0.15, 0.2) is 128 Å². The Kier molecular flexibility index (Phi) is 7.77. The van der Waals surface area contributed by atoms with E-state index in [1.807, 2.05) is 128 Å². The average Bonchev–Trinajstić information content (AvgIpc) is 1.53. The molecule has 8 rings (SSSR count). The molecule has 2 heterocycles. The molecule has 0 saturated carbocycles. The van der Waals surface area contributed by atoms with Gasteiger partial charge in [0.05, 0.1) is 22.3 Å². The number of phenolic OH excluding ortho intramolecular Hbond substituents is 1. The maximum Gasteiger partial charge on any atom is 0.148 e. The molecule has 0 unspecified atom stereocenters. The number of aromatic hydroxyl groups is 1. The molecule has 0 aliphatic carbocycles. The van der Waals surface area contributed by atoms with E-state index in [1.54, 1.807) is 30.5 Å². The van der Waals surface area contributed by atoms with E-state index in [1.165, 1.54) is 4.57 Å². The summed E-state index contributed by atoms with van der Waals surface area (Å²) in [5.74, 6) is -1.77. The van der Waals surface area contributed by atoms with Crippen molar-refractivity contribution < 1.29 is 50.8 Å². The molecule has 2 aromatic heterocycles. The number of imidazole rings is 1. The number of para-hydroxylation sites is 1. The Morgan fingerprint density at radius 2 is 1.25 bits per heavy atom. The van der Waals surface area contributed by atoms with Gasteiger partial charge < -0.3 is 5.11 Å².